The fraction of sp³-hybridized carbons (Fsp3) is 0.965. The van der Waals surface area contributed by atoms with Crippen LogP contribution in [0.2, 0.25) is 0 Å². The lowest BCUT2D eigenvalue weighted by Gasteiger charge is -2.23. The molecule has 0 unspecified atom stereocenters. The number of carbonyl (C=O) groups is 2. The lowest BCUT2D eigenvalue weighted by molar-refractivity contribution is -0.131. The monoisotopic (exact) mass is 907 g/mol. The third-order valence-electron chi connectivity index (χ3n) is 13.5. The van der Waals surface area contributed by atoms with E-state index in [-0.39, 0.29) is 6.10 Å². The van der Waals surface area contributed by atoms with Crippen molar-refractivity contribution in [3.8, 4) is 0 Å². The Labute approximate surface area is 400 Å². The Morgan fingerprint density at radius 3 is 1.12 bits per heavy atom. The van der Waals surface area contributed by atoms with Gasteiger partial charge in [-0.15, -0.1) is 0 Å². The second kappa shape index (κ2) is 52.6. The number of amides is 1. The highest BCUT2D eigenvalue weighted by Gasteiger charge is 2.16. The Hall–Kier alpha value is -1.34. The molecule has 0 saturated carbocycles. The van der Waals surface area contributed by atoms with Crippen LogP contribution in [0, 0.1) is 0 Å². The summed E-state index contributed by atoms with van der Waals surface area (Å²) in [5.41, 5.74) is 0. The number of hydrogen-bond acceptors (Lipinski definition) is 6. The van der Waals surface area contributed by atoms with Crippen LogP contribution in [-0.2, 0) is 14.3 Å². The van der Waals surface area contributed by atoms with Crippen molar-refractivity contribution in [3.05, 3.63) is 0 Å². The third kappa shape index (κ3) is 45.8. The maximum Gasteiger partial charge on any atom is 0.508 e. The first-order valence-corrected chi connectivity index (χ1v) is 29.0. The van der Waals surface area contributed by atoms with Gasteiger partial charge in [0.05, 0.1) is 6.61 Å². The number of ether oxygens (including phenoxy) is 2. The fourth-order valence-electron chi connectivity index (χ4n) is 9.18. The van der Waals surface area contributed by atoms with Crippen molar-refractivity contribution >= 4 is 12.1 Å². The van der Waals surface area contributed by atoms with Crippen LogP contribution in [0.15, 0.2) is 0 Å². The van der Waals surface area contributed by atoms with Gasteiger partial charge >= 0.3 is 6.16 Å². The maximum atomic E-state index is 13.4. The first-order valence-electron chi connectivity index (χ1n) is 29.0. The first-order chi connectivity index (χ1) is 31.5. The summed E-state index contributed by atoms with van der Waals surface area (Å²) >= 11 is 0. The molecule has 0 fully saturated rings. The van der Waals surface area contributed by atoms with E-state index < -0.39 is 6.16 Å². The molecule has 0 aliphatic rings. The topological polar surface area (TPSA) is 79.3 Å². The van der Waals surface area contributed by atoms with Crippen LogP contribution in [0.3, 0.4) is 0 Å². The molecular weight excluding hydrogens is 793 g/mol. The van der Waals surface area contributed by atoms with Crippen LogP contribution in [0.4, 0.5) is 4.79 Å². The summed E-state index contributed by atoms with van der Waals surface area (Å²) in [5.74, 6) is 0.406. The normalized spacial score (nSPS) is 11.6. The van der Waals surface area contributed by atoms with Gasteiger partial charge in [0.15, 0.2) is 0 Å². The van der Waals surface area contributed by atoms with Gasteiger partial charge in [-0.2, -0.15) is 0 Å². The number of aliphatic hydroxyl groups excluding tert-OH is 1. The average Bonchev–Trinajstić information content (AvgIpc) is 3.29. The molecule has 0 heterocycles. The van der Waals surface area contributed by atoms with Gasteiger partial charge in [0.25, 0.3) is 0 Å². The highest BCUT2D eigenvalue weighted by Crippen LogP contribution is 2.18. The van der Waals surface area contributed by atoms with E-state index >= 15 is 0 Å². The second-order valence-corrected chi connectivity index (χ2v) is 19.8. The van der Waals surface area contributed by atoms with Crippen LogP contribution in [0.25, 0.3) is 0 Å². The molecule has 7 nitrogen and oxygen atoms in total. The van der Waals surface area contributed by atoms with E-state index in [1.165, 1.54) is 199 Å². The van der Waals surface area contributed by atoms with Crippen molar-refractivity contribution in [2.24, 2.45) is 0 Å². The Morgan fingerprint density at radius 1 is 0.391 bits per heavy atom. The van der Waals surface area contributed by atoms with Gasteiger partial charge in [-0.25, -0.2) is 4.79 Å². The summed E-state index contributed by atoms with van der Waals surface area (Å²) in [4.78, 5) is 30.8. The van der Waals surface area contributed by atoms with E-state index in [2.05, 4.69) is 37.5 Å². The number of hydrogen-bond donors (Lipinski definition) is 1. The predicted molar refractivity (Wildman–Crippen MR) is 278 cm³/mol. The molecule has 0 atom stereocenters. The van der Waals surface area contributed by atoms with Crippen LogP contribution in [0.5, 0.6) is 0 Å². The maximum absolute atomic E-state index is 13.4. The standard InChI is InChI=1S/C57H114N2O5/c1-5-9-13-17-19-21-31-41-51-59(52-42-32-22-20-18-14-10-6-2)56(61)47-37-28-25-30-39-49-58(50-40-34-43-53-60)48-38-29-23-24-33-44-54-63-57(62)64-55(45-35-26-15-11-7-3)46-36-27-16-12-8-4/h55,60H,5-54H2,1-4H3. The Balaban J connectivity index is 4.42. The smallest absolute Gasteiger partial charge is 0.434 e. The summed E-state index contributed by atoms with van der Waals surface area (Å²) < 4.78 is 11.3. The molecule has 0 aromatic heterocycles. The van der Waals surface area contributed by atoms with Gasteiger partial charge in [-0.1, -0.05) is 214 Å². The quantitative estimate of drug-likeness (QED) is 0.0484. The zero-order valence-corrected chi connectivity index (χ0v) is 43.9. The SMILES string of the molecule is CCCCCCCCCCN(CCCCCCCCCC)C(=O)CCCCCCCN(CCCCCO)CCCCCCCCOC(=O)OC(CCCCCCC)CCCCCCC. The molecule has 0 aliphatic heterocycles. The molecule has 0 spiro atoms. The molecule has 0 bridgehead atoms. The van der Waals surface area contributed by atoms with Crippen molar-refractivity contribution in [2.75, 3.05) is 45.9 Å². The van der Waals surface area contributed by atoms with Gasteiger partial charge in [-0.3, -0.25) is 4.79 Å². The zero-order chi connectivity index (χ0) is 46.7. The number of carbonyl (C=O) groups excluding carboxylic acids is 2. The van der Waals surface area contributed by atoms with E-state index in [1.54, 1.807) is 0 Å². The summed E-state index contributed by atoms with van der Waals surface area (Å²) in [5, 5.41) is 9.29. The van der Waals surface area contributed by atoms with Crippen molar-refractivity contribution < 1.29 is 24.2 Å². The summed E-state index contributed by atoms with van der Waals surface area (Å²) in [6.07, 6.45) is 51.6. The molecule has 1 amide bonds. The van der Waals surface area contributed by atoms with E-state index in [1.807, 2.05) is 0 Å². The fourth-order valence-corrected chi connectivity index (χ4v) is 9.18. The van der Waals surface area contributed by atoms with Crippen LogP contribution in [0.1, 0.15) is 304 Å². The summed E-state index contributed by atoms with van der Waals surface area (Å²) in [6, 6.07) is 0. The molecular formula is C57H114N2O5. The molecule has 0 aromatic rings. The summed E-state index contributed by atoms with van der Waals surface area (Å²) in [7, 11) is 0. The number of nitrogens with zero attached hydrogens (tertiary/aromatic N) is 2. The van der Waals surface area contributed by atoms with Crippen LogP contribution in [-0.4, -0.2) is 79.0 Å². The minimum absolute atomic E-state index is 0.00626. The van der Waals surface area contributed by atoms with E-state index in [9.17, 15) is 14.7 Å². The van der Waals surface area contributed by atoms with Crippen molar-refractivity contribution in [2.45, 2.75) is 310 Å². The van der Waals surface area contributed by atoms with Gasteiger partial charge < -0.3 is 24.4 Å². The van der Waals surface area contributed by atoms with Gasteiger partial charge in [0, 0.05) is 26.1 Å². The highest BCUT2D eigenvalue weighted by atomic mass is 16.7. The van der Waals surface area contributed by atoms with Gasteiger partial charge in [0.2, 0.25) is 5.91 Å². The average molecular weight is 908 g/mol. The lowest BCUT2D eigenvalue weighted by atomic mass is 10.0. The Morgan fingerprint density at radius 2 is 0.719 bits per heavy atom. The van der Waals surface area contributed by atoms with Crippen molar-refractivity contribution in [3.63, 3.8) is 0 Å². The molecule has 7 heteroatoms. The number of unbranched alkanes of at least 4 members (excludes halogenated alkanes) is 33. The van der Waals surface area contributed by atoms with Crippen LogP contribution >= 0.6 is 0 Å². The van der Waals surface area contributed by atoms with Gasteiger partial charge in [-0.05, 0) is 103 Å². The molecule has 64 heavy (non-hydrogen) atoms. The highest BCUT2D eigenvalue weighted by molar-refractivity contribution is 5.76. The largest absolute Gasteiger partial charge is 0.508 e. The minimum Gasteiger partial charge on any atom is -0.434 e. The molecule has 0 aliphatic carbocycles. The molecule has 0 radical (unpaired) electrons. The molecule has 382 valence electrons. The molecule has 0 rings (SSSR count). The van der Waals surface area contributed by atoms with E-state index in [0.717, 1.165) is 110 Å². The number of aliphatic hydroxyl groups is 1. The molecule has 0 saturated heterocycles. The van der Waals surface area contributed by atoms with E-state index in [0.29, 0.717) is 19.1 Å². The third-order valence-corrected chi connectivity index (χ3v) is 13.5. The predicted octanol–water partition coefficient (Wildman–Crippen LogP) is 17.5. The lowest BCUT2D eigenvalue weighted by Crippen LogP contribution is -2.32. The second-order valence-electron chi connectivity index (χ2n) is 19.8. The van der Waals surface area contributed by atoms with Crippen LogP contribution < -0.4 is 0 Å². The molecule has 0 aromatic carbocycles. The number of rotatable bonds is 53. The Kier molecular flexibility index (Phi) is 51.5. The zero-order valence-electron chi connectivity index (χ0n) is 43.9. The Bertz CT molecular complexity index is 900. The molecule has 1 N–H and O–H groups in total. The van der Waals surface area contributed by atoms with Crippen molar-refractivity contribution in [1.82, 2.24) is 9.80 Å². The summed E-state index contributed by atoms with van der Waals surface area (Å²) in [6.45, 7) is 15.2. The van der Waals surface area contributed by atoms with Crippen molar-refractivity contribution in [1.29, 1.82) is 0 Å². The minimum atomic E-state index is -0.461. The van der Waals surface area contributed by atoms with Gasteiger partial charge in [0.1, 0.15) is 6.10 Å². The van der Waals surface area contributed by atoms with E-state index in [4.69, 9.17) is 9.47 Å². The first kappa shape index (κ1) is 62.7.